The Bertz CT molecular complexity index is 1030. The normalized spacial score (nSPS) is 14.0. The van der Waals surface area contributed by atoms with E-state index in [2.05, 4.69) is 4.90 Å². The van der Waals surface area contributed by atoms with Crippen molar-refractivity contribution >= 4 is 34.6 Å². The molecule has 0 atom stereocenters. The number of rotatable bonds is 3. The van der Waals surface area contributed by atoms with E-state index in [9.17, 15) is 9.59 Å². The number of carbonyl (C=O) groups excluding carboxylic acids is 1. The van der Waals surface area contributed by atoms with Crippen molar-refractivity contribution in [2.75, 3.05) is 30.2 Å². The lowest BCUT2D eigenvalue weighted by Gasteiger charge is -2.21. The summed E-state index contributed by atoms with van der Waals surface area (Å²) in [4.78, 5) is 31.9. The van der Waals surface area contributed by atoms with Crippen LogP contribution >= 0.6 is 11.8 Å². The summed E-state index contributed by atoms with van der Waals surface area (Å²) in [5, 5.41) is 0.470. The zero-order chi connectivity index (χ0) is 18.1. The number of thioether (sulfide) groups is 1. The van der Waals surface area contributed by atoms with E-state index in [1.807, 2.05) is 30.3 Å². The minimum Gasteiger partial charge on any atom is -0.465 e. The Morgan fingerprint density at radius 2 is 2.00 bits per heavy atom. The maximum absolute atomic E-state index is 13.2. The second-order valence-corrected chi connectivity index (χ2v) is 6.99. The minimum absolute atomic E-state index is 0.149. The van der Waals surface area contributed by atoms with Gasteiger partial charge in [-0.2, -0.15) is 0 Å². The third kappa shape index (κ3) is 2.84. The van der Waals surface area contributed by atoms with Gasteiger partial charge in [-0.3, -0.25) is 4.79 Å². The Labute approximate surface area is 154 Å². The summed E-state index contributed by atoms with van der Waals surface area (Å²) in [6, 6.07) is 14.3. The van der Waals surface area contributed by atoms with Gasteiger partial charge in [-0.25, -0.2) is 14.3 Å². The maximum atomic E-state index is 13.2. The fourth-order valence-corrected chi connectivity index (χ4v) is 3.96. The Hall–Kier alpha value is -2.80. The van der Waals surface area contributed by atoms with E-state index in [1.165, 1.54) is 7.11 Å². The molecule has 4 rings (SSSR count). The van der Waals surface area contributed by atoms with Gasteiger partial charge < -0.3 is 9.64 Å². The Balaban J connectivity index is 1.99. The van der Waals surface area contributed by atoms with Crippen molar-refractivity contribution in [2.24, 2.45) is 0 Å². The van der Waals surface area contributed by atoms with Crippen molar-refractivity contribution in [3.63, 3.8) is 0 Å². The van der Waals surface area contributed by atoms with Crippen LogP contribution in [0.25, 0.3) is 16.6 Å². The fraction of sp³-hybridized carbons (Fsp3) is 0.211. The number of hydrogen-bond acceptors (Lipinski definition) is 6. The number of anilines is 1. The van der Waals surface area contributed by atoms with Gasteiger partial charge in [0.2, 0.25) is 5.95 Å². The van der Waals surface area contributed by atoms with Crippen LogP contribution in [0.2, 0.25) is 0 Å². The SMILES string of the molecule is COC(=O)c1ccc2c(=O)n(-c3ccccc3)c(N3CCSC3)nc2c1. The maximum Gasteiger partial charge on any atom is 0.337 e. The van der Waals surface area contributed by atoms with Crippen LogP contribution in [-0.4, -0.2) is 40.8 Å². The van der Waals surface area contributed by atoms with Crippen LogP contribution in [0, 0.1) is 0 Å². The molecule has 1 aromatic heterocycles. The first-order valence-corrected chi connectivity index (χ1v) is 9.38. The second kappa shape index (κ2) is 6.84. The molecule has 1 saturated heterocycles. The summed E-state index contributed by atoms with van der Waals surface area (Å²) in [7, 11) is 1.33. The third-order valence-electron chi connectivity index (χ3n) is 4.32. The van der Waals surface area contributed by atoms with Crippen molar-refractivity contribution < 1.29 is 9.53 Å². The molecule has 26 heavy (non-hydrogen) atoms. The minimum atomic E-state index is -0.445. The molecule has 0 bridgehead atoms. The molecule has 0 unspecified atom stereocenters. The van der Waals surface area contributed by atoms with E-state index >= 15 is 0 Å². The standard InChI is InChI=1S/C19H17N3O3S/c1-25-18(24)13-7-8-15-16(11-13)20-19(21-9-10-26-12-21)22(17(15)23)14-5-3-2-4-6-14/h2-8,11H,9-10,12H2,1H3. The van der Waals surface area contributed by atoms with Gasteiger partial charge in [-0.1, -0.05) is 18.2 Å². The Morgan fingerprint density at radius 1 is 1.19 bits per heavy atom. The quantitative estimate of drug-likeness (QED) is 0.663. The third-order valence-corrected chi connectivity index (χ3v) is 5.29. The van der Waals surface area contributed by atoms with Crippen molar-refractivity contribution in [2.45, 2.75) is 0 Å². The van der Waals surface area contributed by atoms with Gasteiger partial charge in [0.05, 0.1) is 35.1 Å². The van der Waals surface area contributed by atoms with Crippen molar-refractivity contribution in [1.29, 1.82) is 0 Å². The number of nitrogens with zero attached hydrogens (tertiary/aromatic N) is 3. The predicted molar refractivity (Wildman–Crippen MR) is 103 cm³/mol. The molecule has 3 aromatic rings. The highest BCUT2D eigenvalue weighted by Crippen LogP contribution is 2.25. The number of para-hydroxylation sites is 1. The molecule has 7 heteroatoms. The van der Waals surface area contributed by atoms with Gasteiger partial charge >= 0.3 is 5.97 Å². The van der Waals surface area contributed by atoms with Crippen LogP contribution in [0.3, 0.4) is 0 Å². The number of ether oxygens (including phenoxy) is 1. The molecular weight excluding hydrogens is 350 g/mol. The number of esters is 1. The first-order valence-electron chi connectivity index (χ1n) is 8.22. The van der Waals surface area contributed by atoms with E-state index in [4.69, 9.17) is 9.72 Å². The van der Waals surface area contributed by atoms with Gasteiger partial charge in [0, 0.05) is 12.3 Å². The van der Waals surface area contributed by atoms with Crippen LogP contribution in [0.15, 0.2) is 53.3 Å². The van der Waals surface area contributed by atoms with Crippen LogP contribution in [-0.2, 0) is 4.74 Å². The first-order chi connectivity index (χ1) is 12.7. The molecule has 1 aliphatic heterocycles. The van der Waals surface area contributed by atoms with E-state index in [-0.39, 0.29) is 5.56 Å². The average Bonchev–Trinajstić information content (AvgIpc) is 3.22. The summed E-state index contributed by atoms with van der Waals surface area (Å²) in [5.41, 5.74) is 1.50. The van der Waals surface area contributed by atoms with Crippen molar-refractivity contribution in [1.82, 2.24) is 9.55 Å². The predicted octanol–water partition coefficient (Wildman–Crippen LogP) is 2.68. The molecular formula is C19H17N3O3S. The molecule has 0 N–H and O–H groups in total. The van der Waals surface area contributed by atoms with E-state index in [0.29, 0.717) is 22.4 Å². The molecule has 2 aromatic carbocycles. The van der Waals surface area contributed by atoms with Crippen LogP contribution in [0.4, 0.5) is 5.95 Å². The summed E-state index contributed by atoms with van der Waals surface area (Å²) >= 11 is 1.80. The highest BCUT2D eigenvalue weighted by molar-refractivity contribution is 7.99. The molecule has 0 spiro atoms. The number of hydrogen-bond donors (Lipinski definition) is 0. The molecule has 1 fully saturated rings. The summed E-state index contributed by atoms with van der Waals surface area (Å²) in [5.74, 6) is 1.92. The Kier molecular flexibility index (Phi) is 4.38. The topological polar surface area (TPSA) is 64.4 Å². The van der Waals surface area contributed by atoms with Gasteiger partial charge in [-0.05, 0) is 30.3 Å². The first kappa shape index (κ1) is 16.7. The zero-order valence-corrected chi connectivity index (χ0v) is 15.0. The van der Waals surface area contributed by atoms with Crippen LogP contribution < -0.4 is 10.5 Å². The number of carbonyl (C=O) groups is 1. The lowest BCUT2D eigenvalue weighted by Crippen LogP contribution is -2.30. The summed E-state index contributed by atoms with van der Waals surface area (Å²) in [6.07, 6.45) is 0. The molecule has 6 nitrogen and oxygen atoms in total. The van der Waals surface area contributed by atoms with Gasteiger partial charge in [0.1, 0.15) is 0 Å². The summed E-state index contributed by atoms with van der Waals surface area (Å²) < 4.78 is 6.42. The largest absolute Gasteiger partial charge is 0.465 e. The molecule has 0 radical (unpaired) electrons. The highest BCUT2D eigenvalue weighted by Gasteiger charge is 2.22. The lowest BCUT2D eigenvalue weighted by molar-refractivity contribution is 0.0601. The zero-order valence-electron chi connectivity index (χ0n) is 14.2. The number of aromatic nitrogens is 2. The number of fused-ring (bicyclic) bond motifs is 1. The molecule has 1 aliphatic rings. The van der Waals surface area contributed by atoms with Gasteiger partial charge in [0.15, 0.2) is 0 Å². The lowest BCUT2D eigenvalue weighted by atomic mass is 10.1. The average molecular weight is 367 g/mol. The van der Waals surface area contributed by atoms with Crippen LogP contribution in [0.1, 0.15) is 10.4 Å². The van der Waals surface area contributed by atoms with E-state index in [1.54, 1.807) is 34.5 Å². The fourth-order valence-electron chi connectivity index (χ4n) is 3.01. The monoisotopic (exact) mass is 367 g/mol. The molecule has 2 heterocycles. The van der Waals surface area contributed by atoms with Crippen molar-refractivity contribution in [3.8, 4) is 5.69 Å². The number of benzene rings is 2. The smallest absolute Gasteiger partial charge is 0.337 e. The molecule has 132 valence electrons. The van der Waals surface area contributed by atoms with Gasteiger partial charge in [-0.15, -0.1) is 11.8 Å². The molecule has 0 saturated carbocycles. The Morgan fingerprint density at radius 3 is 2.69 bits per heavy atom. The second-order valence-electron chi connectivity index (χ2n) is 5.91. The molecule has 0 aliphatic carbocycles. The summed E-state index contributed by atoms with van der Waals surface area (Å²) in [6.45, 7) is 0.826. The van der Waals surface area contributed by atoms with E-state index < -0.39 is 5.97 Å². The van der Waals surface area contributed by atoms with Gasteiger partial charge in [0.25, 0.3) is 5.56 Å². The van der Waals surface area contributed by atoms with Crippen LogP contribution in [0.5, 0.6) is 0 Å². The van der Waals surface area contributed by atoms with E-state index in [0.717, 1.165) is 23.9 Å². The molecule has 0 amide bonds. The highest BCUT2D eigenvalue weighted by atomic mass is 32.2. The number of methoxy groups -OCH3 is 1. The van der Waals surface area contributed by atoms with Crippen molar-refractivity contribution in [3.05, 3.63) is 64.4 Å².